The molecule has 1 N–H and O–H groups in total. The molecule has 24 heavy (non-hydrogen) atoms. The fourth-order valence-electron chi connectivity index (χ4n) is 2.89. The SMILES string of the molecule is Cc1cc(-c2cnc3cnn(C[C@@H](O)C4CC4)c3c2)ccc1F.S. The molecule has 2 aromatic heterocycles. The lowest BCUT2D eigenvalue weighted by molar-refractivity contribution is 0.128. The first-order valence-corrected chi connectivity index (χ1v) is 7.88. The summed E-state index contributed by atoms with van der Waals surface area (Å²) in [4.78, 5) is 4.44. The van der Waals surface area contributed by atoms with Crippen molar-refractivity contribution in [2.75, 3.05) is 0 Å². The van der Waals surface area contributed by atoms with E-state index in [2.05, 4.69) is 10.1 Å². The van der Waals surface area contributed by atoms with E-state index < -0.39 is 0 Å². The van der Waals surface area contributed by atoms with Crippen molar-refractivity contribution in [3.63, 3.8) is 0 Å². The minimum absolute atomic E-state index is 0. The van der Waals surface area contributed by atoms with Crippen molar-refractivity contribution >= 4 is 24.5 Å². The Hall–Kier alpha value is -1.92. The van der Waals surface area contributed by atoms with Gasteiger partial charge in [0.05, 0.1) is 24.4 Å². The maximum atomic E-state index is 13.4. The summed E-state index contributed by atoms with van der Waals surface area (Å²) < 4.78 is 15.3. The predicted molar refractivity (Wildman–Crippen MR) is 96.8 cm³/mol. The van der Waals surface area contributed by atoms with Crippen LogP contribution in [-0.2, 0) is 6.54 Å². The van der Waals surface area contributed by atoms with Crippen LogP contribution in [0.5, 0.6) is 0 Å². The number of benzene rings is 1. The standard InChI is InChI=1S/C18H18FN3O.H2S/c1-11-6-13(4-5-15(11)19)14-7-17-16(20-8-14)9-21-22(17)10-18(23)12-2-3-12;/h4-9,12,18,23H,2-3,10H2,1H3;1H2/t18-;/m1./s1. The van der Waals surface area contributed by atoms with Gasteiger partial charge in [0.25, 0.3) is 0 Å². The van der Waals surface area contributed by atoms with Crippen LogP contribution in [-0.4, -0.2) is 26.0 Å². The van der Waals surface area contributed by atoms with Gasteiger partial charge in [-0.3, -0.25) is 9.67 Å². The first-order valence-electron chi connectivity index (χ1n) is 7.88. The second-order valence-electron chi connectivity index (χ2n) is 6.32. The van der Waals surface area contributed by atoms with E-state index in [9.17, 15) is 9.50 Å². The predicted octanol–water partition coefficient (Wildman–Crippen LogP) is 3.43. The molecule has 4 rings (SSSR count). The summed E-state index contributed by atoms with van der Waals surface area (Å²) in [5.41, 5.74) is 4.15. The normalized spacial score (nSPS) is 15.3. The van der Waals surface area contributed by atoms with Gasteiger partial charge in [0, 0.05) is 11.8 Å². The van der Waals surface area contributed by atoms with E-state index in [0.717, 1.165) is 35.0 Å². The van der Waals surface area contributed by atoms with Gasteiger partial charge in [-0.1, -0.05) is 6.07 Å². The van der Waals surface area contributed by atoms with Gasteiger partial charge < -0.3 is 5.11 Å². The lowest BCUT2D eigenvalue weighted by Crippen LogP contribution is -2.18. The van der Waals surface area contributed by atoms with Crippen molar-refractivity contribution in [1.29, 1.82) is 0 Å². The van der Waals surface area contributed by atoms with E-state index in [1.807, 2.05) is 16.8 Å². The van der Waals surface area contributed by atoms with Crippen molar-refractivity contribution in [2.24, 2.45) is 5.92 Å². The van der Waals surface area contributed by atoms with Crippen molar-refractivity contribution in [3.8, 4) is 11.1 Å². The highest BCUT2D eigenvalue weighted by Gasteiger charge is 2.30. The van der Waals surface area contributed by atoms with E-state index in [-0.39, 0.29) is 25.4 Å². The Morgan fingerprint density at radius 2 is 2.04 bits per heavy atom. The highest BCUT2D eigenvalue weighted by Crippen LogP contribution is 2.33. The Morgan fingerprint density at radius 1 is 1.25 bits per heavy atom. The van der Waals surface area contributed by atoms with Crippen LogP contribution in [0.25, 0.3) is 22.2 Å². The van der Waals surface area contributed by atoms with Gasteiger partial charge in [-0.2, -0.15) is 18.6 Å². The average molecular weight is 345 g/mol. The summed E-state index contributed by atoms with van der Waals surface area (Å²) in [7, 11) is 0. The number of aliphatic hydroxyl groups excluding tert-OH is 1. The van der Waals surface area contributed by atoms with Crippen molar-refractivity contribution in [2.45, 2.75) is 32.4 Å². The number of fused-ring (bicyclic) bond motifs is 1. The molecule has 0 amide bonds. The number of hydrogen-bond donors (Lipinski definition) is 1. The molecular formula is C18H20FN3OS. The zero-order valence-corrected chi connectivity index (χ0v) is 14.4. The molecule has 6 heteroatoms. The Bertz CT molecular complexity index is 876. The van der Waals surface area contributed by atoms with Crippen LogP contribution in [0.4, 0.5) is 4.39 Å². The van der Waals surface area contributed by atoms with Crippen LogP contribution in [0.15, 0.2) is 36.7 Å². The molecule has 2 heterocycles. The molecule has 126 valence electrons. The second-order valence-corrected chi connectivity index (χ2v) is 6.32. The Balaban J connectivity index is 0.00000169. The number of aryl methyl sites for hydroxylation is 1. The van der Waals surface area contributed by atoms with Crippen LogP contribution in [0.2, 0.25) is 0 Å². The van der Waals surface area contributed by atoms with Crippen molar-refractivity contribution in [1.82, 2.24) is 14.8 Å². The smallest absolute Gasteiger partial charge is 0.126 e. The van der Waals surface area contributed by atoms with E-state index >= 15 is 0 Å². The number of aromatic nitrogens is 3. The van der Waals surface area contributed by atoms with Gasteiger partial charge in [0.2, 0.25) is 0 Å². The topological polar surface area (TPSA) is 50.9 Å². The molecule has 0 aliphatic heterocycles. The Morgan fingerprint density at radius 3 is 2.75 bits per heavy atom. The lowest BCUT2D eigenvalue weighted by atomic mass is 10.0. The molecule has 3 aromatic rings. The van der Waals surface area contributed by atoms with Gasteiger partial charge in [-0.15, -0.1) is 0 Å². The highest BCUT2D eigenvalue weighted by molar-refractivity contribution is 7.59. The fraction of sp³-hybridized carbons (Fsp3) is 0.333. The third kappa shape index (κ3) is 3.16. The quantitative estimate of drug-likeness (QED) is 0.788. The molecule has 1 fully saturated rings. The number of nitrogens with zero attached hydrogens (tertiary/aromatic N) is 3. The minimum atomic E-state index is -0.352. The van der Waals surface area contributed by atoms with E-state index in [1.165, 1.54) is 6.07 Å². The molecule has 1 aromatic carbocycles. The maximum absolute atomic E-state index is 13.4. The summed E-state index contributed by atoms with van der Waals surface area (Å²) in [5.74, 6) is 0.200. The molecule has 4 nitrogen and oxygen atoms in total. The van der Waals surface area contributed by atoms with E-state index in [1.54, 1.807) is 25.4 Å². The molecular weight excluding hydrogens is 325 g/mol. The average Bonchev–Trinajstić information content (AvgIpc) is 3.33. The molecule has 1 saturated carbocycles. The van der Waals surface area contributed by atoms with Gasteiger partial charge >= 0.3 is 0 Å². The molecule has 0 unspecified atom stereocenters. The molecule has 0 saturated heterocycles. The summed E-state index contributed by atoms with van der Waals surface area (Å²) >= 11 is 0. The molecule has 1 atom stereocenters. The van der Waals surface area contributed by atoms with Gasteiger partial charge in [-0.25, -0.2) is 4.39 Å². The van der Waals surface area contributed by atoms with Gasteiger partial charge in [-0.05, 0) is 55.0 Å². The molecule has 0 spiro atoms. The first-order chi connectivity index (χ1) is 11.1. The number of halogens is 1. The summed E-state index contributed by atoms with van der Waals surface area (Å²) in [6, 6.07) is 7.05. The van der Waals surface area contributed by atoms with Crippen LogP contribution in [0.1, 0.15) is 18.4 Å². The third-order valence-electron chi connectivity index (χ3n) is 4.51. The Labute approximate surface area is 146 Å². The number of rotatable bonds is 4. The zero-order valence-electron chi connectivity index (χ0n) is 13.4. The van der Waals surface area contributed by atoms with Gasteiger partial charge in [0.15, 0.2) is 0 Å². The van der Waals surface area contributed by atoms with Gasteiger partial charge in [0.1, 0.15) is 11.3 Å². The highest BCUT2D eigenvalue weighted by atomic mass is 32.1. The summed E-state index contributed by atoms with van der Waals surface area (Å²) in [6.45, 7) is 2.24. The van der Waals surface area contributed by atoms with Crippen molar-refractivity contribution in [3.05, 3.63) is 48.0 Å². The zero-order chi connectivity index (χ0) is 16.0. The monoisotopic (exact) mass is 345 g/mol. The van der Waals surface area contributed by atoms with Crippen LogP contribution < -0.4 is 0 Å². The largest absolute Gasteiger partial charge is 0.391 e. The number of hydrogen-bond acceptors (Lipinski definition) is 3. The molecule has 0 radical (unpaired) electrons. The number of pyridine rings is 1. The number of aliphatic hydroxyl groups is 1. The van der Waals surface area contributed by atoms with E-state index in [4.69, 9.17) is 0 Å². The summed E-state index contributed by atoms with van der Waals surface area (Å²) in [5, 5.41) is 14.5. The Kier molecular flexibility index (Phi) is 4.60. The van der Waals surface area contributed by atoms with Crippen molar-refractivity contribution < 1.29 is 9.50 Å². The molecule has 1 aliphatic carbocycles. The second kappa shape index (κ2) is 6.53. The lowest BCUT2D eigenvalue weighted by Gasteiger charge is -2.10. The molecule has 1 aliphatic rings. The minimum Gasteiger partial charge on any atom is -0.391 e. The fourth-order valence-corrected chi connectivity index (χ4v) is 2.89. The summed E-state index contributed by atoms with van der Waals surface area (Å²) in [6.07, 6.45) is 5.33. The van der Waals surface area contributed by atoms with Crippen LogP contribution in [0.3, 0.4) is 0 Å². The molecule has 0 bridgehead atoms. The van der Waals surface area contributed by atoms with E-state index in [0.29, 0.717) is 18.0 Å². The van der Waals surface area contributed by atoms with Crippen LogP contribution in [0, 0.1) is 18.7 Å². The third-order valence-corrected chi connectivity index (χ3v) is 4.51. The van der Waals surface area contributed by atoms with Crippen LogP contribution >= 0.6 is 13.5 Å². The first kappa shape index (κ1) is 16.9. The maximum Gasteiger partial charge on any atom is 0.126 e.